The fourth-order valence-corrected chi connectivity index (χ4v) is 5.49. The molecule has 1 aromatic carbocycles. The van der Waals surface area contributed by atoms with Crippen LogP contribution in [0.4, 0.5) is 4.79 Å². The molecule has 1 amide bonds. The van der Waals surface area contributed by atoms with Crippen LogP contribution in [0.15, 0.2) is 48.7 Å². The fourth-order valence-electron chi connectivity index (χ4n) is 5.49. The van der Waals surface area contributed by atoms with Crippen LogP contribution in [-0.4, -0.2) is 38.5 Å². The molecular formula is C31H38N2O5. The van der Waals surface area contributed by atoms with E-state index in [4.69, 9.17) is 4.74 Å². The van der Waals surface area contributed by atoms with Crippen molar-refractivity contribution in [3.8, 4) is 0 Å². The Morgan fingerprint density at radius 2 is 1.71 bits per heavy atom. The first-order valence-corrected chi connectivity index (χ1v) is 13.5. The number of aromatic carboxylic acids is 1. The molecule has 1 aliphatic rings. The zero-order valence-corrected chi connectivity index (χ0v) is 22.8. The Morgan fingerprint density at radius 3 is 2.32 bits per heavy atom. The standard InChI is InChI=1S/C31H38N2O5/c1-5-22-19-25-20-24(28(35)36)14-18-33(25)26(22)27(34)23-12-10-21(11-13-23)9-8-17-31(15-6-7-16-31)32-29(37)38-30(2,3)4/h10-14,18-20H,5-9,15-17H2,1-4H3,(H,32,37)(H,35,36). The number of hydrogen-bond acceptors (Lipinski definition) is 4. The van der Waals surface area contributed by atoms with E-state index >= 15 is 0 Å². The zero-order valence-electron chi connectivity index (χ0n) is 22.8. The van der Waals surface area contributed by atoms with E-state index in [0.29, 0.717) is 23.2 Å². The first kappa shape index (κ1) is 27.4. The number of carbonyl (C=O) groups excluding carboxylic acids is 2. The van der Waals surface area contributed by atoms with Gasteiger partial charge in [-0.3, -0.25) is 4.79 Å². The van der Waals surface area contributed by atoms with Gasteiger partial charge in [0.15, 0.2) is 0 Å². The number of ether oxygens (including phenoxy) is 1. The second-order valence-electron chi connectivity index (χ2n) is 11.4. The van der Waals surface area contributed by atoms with Crippen molar-refractivity contribution in [1.82, 2.24) is 9.72 Å². The van der Waals surface area contributed by atoms with E-state index < -0.39 is 11.6 Å². The highest BCUT2D eigenvalue weighted by Gasteiger charge is 2.36. The number of carboxylic acid groups (broad SMARTS) is 1. The summed E-state index contributed by atoms with van der Waals surface area (Å²) in [5, 5.41) is 12.5. The van der Waals surface area contributed by atoms with Gasteiger partial charge in [-0.2, -0.15) is 0 Å². The van der Waals surface area contributed by atoms with Crippen LogP contribution in [0.2, 0.25) is 0 Å². The lowest BCUT2D eigenvalue weighted by Crippen LogP contribution is -2.48. The number of amides is 1. The number of nitrogens with zero attached hydrogens (tertiary/aromatic N) is 1. The molecule has 4 rings (SSSR count). The predicted octanol–water partition coefficient (Wildman–Crippen LogP) is 6.59. The van der Waals surface area contributed by atoms with Crippen molar-refractivity contribution >= 4 is 23.4 Å². The minimum Gasteiger partial charge on any atom is -0.478 e. The number of carbonyl (C=O) groups is 3. The lowest BCUT2D eigenvalue weighted by Gasteiger charge is -2.32. The Balaban J connectivity index is 1.42. The van der Waals surface area contributed by atoms with Crippen molar-refractivity contribution in [2.24, 2.45) is 0 Å². The maximum Gasteiger partial charge on any atom is 0.408 e. The van der Waals surface area contributed by atoms with Gasteiger partial charge in [-0.15, -0.1) is 0 Å². The molecule has 2 N–H and O–H groups in total. The predicted molar refractivity (Wildman–Crippen MR) is 147 cm³/mol. The molecule has 0 saturated heterocycles. The molecule has 202 valence electrons. The van der Waals surface area contributed by atoms with Crippen LogP contribution in [-0.2, 0) is 17.6 Å². The SMILES string of the molecule is CCc1cc2cc(C(=O)O)ccn2c1C(=O)c1ccc(CCCC2(NC(=O)OC(C)(C)C)CCCC2)cc1. The van der Waals surface area contributed by atoms with Gasteiger partial charge in [0.05, 0.1) is 11.3 Å². The molecule has 38 heavy (non-hydrogen) atoms. The Bertz CT molecular complexity index is 1320. The van der Waals surface area contributed by atoms with Crippen LogP contribution < -0.4 is 5.32 Å². The molecule has 0 radical (unpaired) electrons. The molecule has 1 aliphatic carbocycles. The largest absolute Gasteiger partial charge is 0.478 e. The topological polar surface area (TPSA) is 97.1 Å². The molecule has 0 spiro atoms. The molecule has 1 fully saturated rings. The Morgan fingerprint density at radius 1 is 1.03 bits per heavy atom. The van der Waals surface area contributed by atoms with Crippen molar-refractivity contribution in [2.75, 3.05) is 0 Å². The van der Waals surface area contributed by atoms with Gasteiger partial charge >= 0.3 is 12.1 Å². The number of nitrogens with one attached hydrogen (secondary N) is 1. The lowest BCUT2D eigenvalue weighted by molar-refractivity contribution is 0.0448. The van der Waals surface area contributed by atoms with Gasteiger partial charge in [0.1, 0.15) is 5.60 Å². The first-order valence-electron chi connectivity index (χ1n) is 13.5. The number of benzene rings is 1. The van der Waals surface area contributed by atoms with E-state index in [1.165, 1.54) is 6.07 Å². The van der Waals surface area contributed by atoms with Gasteiger partial charge < -0.3 is 19.6 Å². The molecule has 3 aromatic rings. The van der Waals surface area contributed by atoms with Gasteiger partial charge in [0.2, 0.25) is 5.78 Å². The average molecular weight is 519 g/mol. The zero-order chi connectivity index (χ0) is 27.5. The summed E-state index contributed by atoms with van der Waals surface area (Å²) in [5.41, 5.74) is 3.38. The first-order chi connectivity index (χ1) is 18.0. The third kappa shape index (κ3) is 6.26. The number of ketones is 1. The molecule has 1 saturated carbocycles. The van der Waals surface area contributed by atoms with Crippen molar-refractivity contribution in [3.63, 3.8) is 0 Å². The quantitative estimate of drug-likeness (QED) is 0.311. The van der Waals surface area contributed by atoms with E-state index in [1.54, 1.807) is 16.7 Å². The van der Waals surface area contributed by atoms with Crippen LogP contribution >= 0.6 is 0 Å². The van der Waals surface area contributed by atoms with Gasteiger partial charge in [0, 0.05) is 22.8 Å². The van der Waals surface area contributed by atoms with E-state index in [2.05, 4.69) is 5.32 Å². The summed E-state index contributed by atoms with van der Waals surface area (Å²) in [6.45, 7) is 7.61. The number of hydrogen-bond donors (Lipinski definition) is 2. The maximum absolute atomic E-state index is 13.5. The molecule has 0 bridgehead atoms. The number of pyridine rings is 1. The van der Waals surface area contributed by atoms with Crippen molar-refractivity contribution in [2.45, 2.75) is 90.2 Å². The van der Waals surface area contributed by atoms with Crippen molar-refractivity contribution in [3.05, 3.63) is 76.6 Å². The number of carboxylic acids is 1. The highest BCUT2D eigenvalue weighted by molar-refractivity contribution is 6.09. The van der Waals surface area contributed by atoms with E-state index in [0.717, 1.165) is 56.1 Å². The Hall–Kier alpha value is -3.61. The average Bonchev–Trinajstić information content (AvgIpc) is 3.46. The highest BCUT2D eigenvalue weighted by atomic mass is 16.6. The maximum atomic E-state index is 13.5. The van der Waals surface area contributed by atoms with E-state index in [-0.39, 0.29) is 23.0 Å². The summed E-state index contributed by atoms with van der Waals surface area (Å²) in [5.74, 6) is -1.07. The van der Waals surface area contributed by atoms with Gasteiger partial charge in [-0.05, 0) is 88.6 Å². The van der Waals surface area contributed by atoms with E-state index in [9.17, 15) is 19.5 Å². The molecule has 7 heteroatoms. The molecule has 2 aromatic heterocycles. The summed E-state index contributed by atoms with van der Waals surface area (Å²) in [4.78, 5) is 37.3. The molecular weight excluding hydrogens is 480 g/mol. The minimum absolute atomic E-state index is 0.0806. The number of rotatable bonds is 9. The molecule has 0 unspecified atom stereocenters. The van der Waals surface area contributed by atoms with Crippen LogP contribution in [0.3, 0.4) is 0 Å². The van der Waals surface area contributed by atoms with E-state index in [1.807, 2.05) is 58.0 Å². The summed E-state index contributed by atoms with van der Waals surface area (Å²) in [6, 6.07) is 12.7. The number of aryl methyl sites for hydroxylation is 2. The number of alkyl carbamates (subject to hydrolysis) is 1. The normalized spacial score (nSPS) is 14.9. The molecule has 2 heterocycles. The second kappa shape index (κ2) is 11.0. The Labute approximate surface area is 224 Å². The van der Waals surface area contributed by atoms with Crippen LogP contribution in [0.1, 0.15) is 104 Å². The summed E-state index contributed by atoms with van der Waals surface area (Å²) in [6.07, 6.45) is 8.82. The number of aromatic nitrogens is 1. The minimum atomic E-state index is -0.991. The highest BCUT2D eigenvalue weighted by Crippen LogP contribution is 2.34. The fraction of sp³-hybridized carbons (Fsp3) is 0.452. The molecule has 0 aliphatic heterocycles. The van der Waals surface area contributed by atoms with Crippen molar-refractivity contribution in [1.29, 1.82) is 0 Å². The molecule has 0 atom stereocenters. The van der Waals surface area contributed by atoms with Crippen LogP contribution in [0.5, 0.6) is 0 Å². The third-order valence-corrected chi connectivity index (χ3v) is 7.36. The van der Waals surface area contributed by atoms with Gasteiger partial charge in [0.25, 0.3) is 0 Å². The number of fused-ring (bicyclic) bond motifs is 1. The second-order valence-corrected chi connectivity index (χ2v) is 11.4. The lowest BCUT2D eigenvalue weighted by atomic mass is 9.89. The van der Waals surface area contributed by atoms with Gasteiger partial charge in [-0.1, -0.05) is 44.0 Å². The summed E-state index contributed by atoms with van der Waals surface area (Å²) >= 11 is 0. The van der Waals surface area contributed by atoms with Crippen LogP contribution in [0.25, 0.3) is 5.52 Å². The Kier molecular flexibility index (Phi) is 7.95. The summed E-state index contributed by atoms with van der Waals surface area (Å²) < 4.78 is 7.28. The summed E-state index contributed by atoms with van der Waals surface area (Å²) in [7, 11) is 0. The van der Waals surface area contributed by atoms with Gasteiger partial charge in [-0.25, -0.2) is 9.59 Å². The molecule has 7 nitrogen and oxygen atoms in total. The monoisotopic (exact) mass is 518 g/mol. The smallest absolute Gasteiger partial charge is 0.408 e. The van der Waals surface area contributed by atoms with Crippen molar-refractivity contribution < 1.29 is 24.2 Å². The van der Waals surface area contributed by atoms with Crippen LogP contribution in [0, 0.1) is 0 Å². The third-order valence-electron chi connectivity index (χ3n) is 7.36.